The van der Waals surface area contributed by atoms with E-state index in [9.17, 15) is 9.59 Å². The zero-order valence-corrected chi connectivity index (χ0v) is 14.4. The second kappa shape index (κ2) is 7.90. The summed E-state index contributed by atoms with van der Waals surface area (Å²) in [7, 11) is 0. The maximum absolute atomic E-state index is 12.2. The first-order chi connectivity index (χ1) is 11.4. The molecule has 1 atom stereocenters. The molecule has 0 heterocycles. The van der Waals surface area contributed by atoms with Gasteiger partial charge in [-0.3, -0.25) is 4.79 Å². The van der Waals surface area contributed by atoms with Crippen LogP contribution in [0.15, 0.2) is 48.5 Å². The van der Waals surface area contributed by atoms with Crippen LogP contribution in [0.4, 0.5) is 5.69 Å². The molecule has 2 aromatic carbocycles. The number of nitrogens with one attached hydrogen (secondary N) is 1. The molecule has 0 aliphatic heterocycles. The topological polar surface area (TPSA) is 81.4 Å². The first kappa shape index (κ1) is 17.9. The van der Waals surface area contributed by atoms with Gasteiger partial charge in [-0.25, -0.2) is 4.79 Å². The Morgan fingerprint density at radius 3 is 2.17 bits per heavy atom. The number of carbonyl (C=O) groups excluding carboxylic acids is 2. The van der Waals surface area contributed by atoms with Crippen molar-refractivity contribution >= 4 is 46.4 Å². The highest BCUT2D eigenvalue weighted by Gasteiger charge is 2.20. The van der Waals surface area contributed by atoms with Gasteiger partial charge in [0.05, 0.1) is 5.56 Å². The van der Waals surface area contributed by atoms with Crippen LogP contribution in [0.25, 0.3) is 0 Å². The van der Waals surface area contributed by atoms with Crippen molar-refractivity contribution in [2.45, 2.75) is 13.0 Å². The summed E-state index contributed by atoms with van der Waals surface area (Å²) in [5, 5.41) is 3.41. The molecule has 2 aromatic rings. The van der Waals surface area contributed by atoms with Crippen LogP contribution in [0.2, 0.25) is 5.02 Å². The number of thiocarbonyl (C=S) groups is 1. The van der Waals surface area contributed by atoms with Crippen LogP contribution in [0.3, 0.4) is 0 Å². The number of benzene rings is 2. The van der Waals surface area contributed by atoms with Crippen molar-refractivity contribution in [3.63, 3.8) is 0 Å². The van der Waals surface area contributed by atoms with Crippen LogP contribution >= 0.6 is 23.8 Å². The summed E-state index contributed by atoms with van der Waals surface area (Å²) < 4.78 is 5.21. The number of esters is 1. The van der Waals surface area contributed by atoms with Crippen LogP contribution in [0.5, 0.6) is 0 Å². The number of nitrogens with two attached hydrogens (primary N) is 1. The highest BCUT2D eigenvalue weighted by Crippen LogP contribution is 2.15. The van der Waals surface area contributed by atoms with Gasteiger partial charge in [-0.15, -0.1) is 0 Å². The molecular weight excluding hydrogens is 348 g/mol. The summed E-state index contributed by atoms with van der Waals surface area (Å²) >= 11 is 10.5. The molecule has 24 heavy (non-hydrogen) atoms. The molecule has 0 aliphatic rings. The van der Waals surface area contributed by atoms with Gasteiger partial charge in [-0.05, 0) is 67.7 Å². The number of halogens is 1. The predicted octanol–water partition coefficient (Wildman–Crippen LogP) is 3.42. The van der Waals surface area contributed by atoms with Crippen molar-refractivity contribution in [2.75, 3.05) is 5.32 Å². The fourth-order valence-electron chi connectivity index (χ4n) is 1.96. The zero-order chi connectivity index (χ0) is 17.7. The lowest BCUT2D eigenvalue weighted by molar-refractivity contribution is 0.0319. The number of hydrogen-bond donors (Lipinski definition) is 2. The summed E-state index contributed by atoms with van der Waals surface area (Å²) in [5.74, 6) is -0.890. The molecule has 0 spiro atoms. The second-order valence-electron chi connectivity index (χ2n) is 4.99. The van der Waals surface area contributed by atoms with Crippen LogP contribution in [0.1, 0.15) is 27.6 Å². The Morgan fingerprint density at radius 1 is 1.08 bits per heavy atom. The van der Waals surface area contributed by atoms with Gasteiger partial charge in [0.1, 0.15) is 0 Å². The monoisotopic (exact) mass is 362 g/mol. The molecule has 124 valence electrons. The number of Topliss-reactive ketones (excluding diaryl/α,β-unsaturated/α-hetero) is 1. The lowest BCUT2D eigenvalue weighted by atomic mass is 10.1. The summed E-state index contributed by atoms with van der Waals surface area (Å²) in [6, 6.07) is 12.8. The van der Waals surface area contributed by atoms with Gasteiger partial charge in [0.15, 0.2) is 11.2 Å². The first-order valence-electron chi connectivity index (χ1n) is 7.04. The Bertz CT molecular complexity index is 760. The van der Waals surface area contributed by atoms with Crippen LogP contribution in [-0.2, 0) is 4.74 Å². The predicted molar refractivity (Wildman–Crippen MR) is 97.5 cm³/mol. The fraction of sp³-hybridized carbons (Fsp3) is 0.118. The second-order valence-corrected chi connectivity index (χ2v) is 5.86. The molecule has 0 bridgehead atoms. The van der Waals surface area contributed by atoms with E-state index in [0.717, 1.165) is 0 Å². The molecule has 0 aromatic heterocycles. The number of ketones is 1. The minimum absolute atomic E-state index is 0.132. The van der Waals surface area contributed by atoms with Crippen molar-refractivity contribution in [2.24, 2.45) is 5.73 Å². The first-order valence-corrected chi connectivity index (χ1v) is 7.82. The standard InChI is InChI=1S/C17H15ClN2O3S/c1-10(15(21)11-2-6-13(18)7-3-11)23-16(22)12-4-8-14(9-5-12)20-17(19)24/h2-10H,1H3,(H3,19,20,24). The van der Waals surface area contributed by atoms with E-state index < -0.39 is 12.1 Å². The number of rotatable bonds is 5. The minimum Gasteiger partial charge on any atom is -0.451 e. The zero-order valence-electron chi connectivity index (χ0n) is 12.8. The van der Waals surface area contributed by atoms with Crippen molar-refractivity contribution < 1.29 is 14.3 Å². The Kier molecular flexibility index (Phi) is 5.89. The molecule has 0 saturated heterocycles. The SMILES string of the molecule is CC(OC(=O)c1ccc(NC(N)=S)cc1)C(=O)c1ccc(Cl)cc1. The lowest BCUT2D eigenvalue weighted by Crippen LogP contribution is -2.24. The van der Waals surface area contributed by atoms with E-state index in [1.807, 2.05) is 0 Å². The minimum atomic E-state index is -0.909. The van der Waals surface area contributed by atoms with Crippen LogP contribution < -0.4 is 11.1 Å². The van der Waals surface area contributed by atoms with Gasteiger partial charge in [0.2, 0.25) is 5.78 Å². The number of anilines is 1. The fourth-order valence-corrected chi connectivity index (χ4v) is 2.21. The van der Waals surface area contributed by atoms with Gasteiger partial charge < -0.3 is 15.8 Å². The van der Waals surface area contributed by atoms with E-state index in [1.165, 1.54) is 6.92 Å². The third-order valence-corrected chi connectivity index (χ3v) is 3.52. The normalized spacial score (nSPS) is 11.4. The highest BCUT2D eigenvalue weighted by atomic mass is 35.5. The number of ether oxygens (including phenoxy) is 1. The summed E-state index contributed by atoms with van der Waals surface area (Å²) in [6.45, 7) is 1.53. The average Bonchev–Trinajstić information content (AvgIpc) is 2.55. The van der Waals surface area contributed by atoms with Crippen molar-refractivity contribution in [1.29, 1.82) is 0 Å². The van der Waals surface area contributed by atoms with Crippen LogP contribution in [0, 0.1) is 0 Å². The van der Waals surface area contributed by atoms with Gasteiger partial charge in [-0.1, -0.05) is 11.6 Å². The van der Waals surface area contributed by atoms with E-state index in [2.05, 4.69) is 5.32 Å². The van der Waals surface area contributed by atoms with E-state index in [1.54, 1.807) is 48.5 Å². The van der Waals surface area contributed by atoms with Crippen molar-refractivity contribution in [3.8, 4) is 0 Å². The molecule has 0 amide bonds. The molecular formula is C17H15ClN2O3S. The van der Waals surface area contributed by atoms with Gasteiger partial charge in [-0.2, -0.15) is 0 Å². The molecule has 2 rings (SSSR count). The Hall–Kier alpha value is -2.44. The maximum atomic E-state index is 12.2. The Balaban J connectivity index is 2.01. The van der Waals surface area contributed by atoms with Crippen molar-refractivity contribution in [3.05, 3.63) is 64.7 Å². The molecule has 0 aliphatic carbocycles. The molecule has 3 N–H and O–H groups in total. The van der Waals surface area contributed by atoms with Gasteiger partial charge in [0, 0.05) is 16.3 Å². The number of hydrogen-bond acceptors (Lipinski definition) is 4. The number of carbonyl (C=O) groups is 2. The van der Waals surface area contributed by atoms with Gasteiger partial charge in [0.25, 0.3) is 0 Å². The quantitative estimate of drug-likeness (QED) is 0.482. The molecule has 5 nitrogen and oxygen atoms in total. The largest absolute Gasteiger partial charge is 0.451 e. The third kappa shape index (κ3) is 4.78. The lowest BCUT2D eigenvalue weighted by Gasteiger charge is -2.13. The third-order valence-electron chi connectivity index (χ3n) is 3.17. The van der Waals surface area contributed by atoms with Crippen LogP contribution in [-0.4, -0.2) is 23.0 Å². The molecule has 0 fully saturated rings. The maximum Gasteiger partial charge on any atom is 0.338 e. The molecule has 7 heteroatoms. The molecule has 1 unspecified atom stereocenters. The van der Waals surface area contributed by atoms with Gasteiger partial charge >= 0.3 is 5.97 Å². The Morgan fingerprint density at radius 2 is 1.62 bits per heavy atom. The molecule has 0 saturated carbocycles. The summed E-state index contributed by atoms with van der Waals surface area (Å²) in [5.41, 5.74) is 6.77. The van der Waals surface area contributed by atoms with Crippen molar-refractivity contribution in [1.82, 2.24) is 0 Å². The van der Waals surface area contributed by atoms with E-state index in [-0.39, 0.29) is 10.9 Å². The van der Waals surface area contributed by atoms with E-state index >= 15 is 0 Å². The van der Waals surface area contributed by atoms with E-state index in [0.29, 0.717) is 21.8 Å². The summed E-state index contributed by atoms with van der Waals surface area (Å²) in [4.78, 5) is 24.4. The average molecular weight is 363 g/mol. The van der Waals surface area contributed by atoms with E-state index in [4.69, 9.17) is 34.3 Å². The highest BCUT2D eigenvalue weighted by molar-refractivity contribution is 7.80. The summed E-state index contributed by atoms with van der Waals surface area (Å²) in [6.07, 6.45) is -0.909. The smallest absolute Gasteiger partial charge is 0.338 e. The Labute approximate surface area is 149 Å². The molecule has 0 radical (unpaired) electrons.